The number of nitrogens with zero attached hydrogens (tertiary/aromatic N) is 1. The van der Waals surface area contributed by atoms with Crippen molar-refractivity contribution < 1.29 is 4.79 Å². The van der Waals surface area contributed by atoms with Gasteiger partial charge in [-0.15, -0.1) is 0 Å². The molecule has 1 unspecified atom stereocenters. The van der Waals surface area contributed by atoms with Gasteiger partial charge in [-0.1, -0.05) is 12.8 Å². The van der Waals surface area contributed by atoms with Crippen molar-refractivity contribution >= 4 is 5.91 Å². The summed E-state index contributed by atoms with van der Waals surface area (Å²) in [5.41, 5.74) is 0. The first-order chi connectivity index (χ1) is 9.33. The van der Waals surface area contributed by atoms with Crippen molar-refractivity contribution in [3.63, 3.8) is 0 Å². The maximum Gasteiger partial charge on any atom is 0.224 e. The molecule has 2 aliphatic heterocycles. The van der Waals surface area contributed by atoms with Crippen molar-refractivity contribution in [2.24, 2.45) is 5.92 Å². The van der Waals surface area contributed by atoms with Gasteiger partial charge in [0, 0.05) is 31.7 Å². The molecule has 3 fully saturated rings. The highest BCUT2D eigenvalue weighted by Gasteiger charge is 2.29. The highest BCUT2D eigenvalue weighted by Crippen LogP contribution is 2.26. The van der Waals surface area contributed by atoms with Crippen LogP contribution in [0.4, 0.5) is 0 Å². The van der Waals surface area contributed by atoms with Gasteiger partial charge in [0.05, 0.1) is 5.92 Å². The lowest BCUT2D eigenvalue weighted by atomic mass is 10.0. The molecule has 1 atom stereocenters. The first-order valence-electron chi connectivity index (χ1n) is 8.08. The summed E-state index contributed by atoms with van der Waals surface area (Å²) in [5.74, 6) is 0.497. The Morgan fingerprint density at radius 1 is 1.05 bits per heavy atom. The Hall–Kier alpha value is -0.610. The second-order valence-corrected chi connectivity index (χ2v) is 6.45. The lowest BCUT2D eigenvalue weighted by molar-refractivity contribution is -0.125. The minimum atomic E-state index is 0.216. The van der Waals surface area contributed by atoms with Crippen molar-refractivity contribution in [2.45, 2.75) is 57.0 Å². The molecule has 2 saturated heterocycles. The molecule has 108 valence electrons. The van der Waals surface area contributed by atoms with Gasteiger partial charge in [0.15, 0.2) is 0 Å². The average Bonchev–Trinajstić information content (AvgIpc) is 3.13. The second kappa shape index (κ2) is 6.23. The first kappa shape index (κ1) is 13.4. The highest BCUT2D eigenvalue weighted by atomic mass is 16.2. The zero-order valence-electron chi connectivity index (χ0n) is 11.9. The lowest BCUT2D eigenvalue weighted by Gasteiger charge is -2.36. The number of likely N-dealkylation sites (tertiary alicyclic amines) is 1. The fraction of sp³-hybridized carbons (Fsp3) is 0.933. The number of amides is 1. The summed E-state index contributed by atoms with van der Waals surface area (Å²) in [6, 6.07) is 1.27. The number of rotatable bonds is 3. The molecule has 1 aliphatic carbocycles. The molecule has 0 aromatic rings. The summed E-state index contributed by atoms with van der Waals surface area (Å²) in [5, 5.41) is 6.53. The van der Waals surface area contributed by atoms with Gasteiger partial charge >= 0.3 is 0 Å². The van der Waals surface area contributed by atoms with Crippen LogP contribution in [0.25, 0.3) is 0 Å². The third kappa shape index (κ3) is 3.29. The van der Waals surface area contributed by atoms with Crippen LogP contribution < -0.4 is 10.6 Å². The number of hydrogen-bond donors (Lipinski definition) is 2. The highest BCUT2D eigenvalue weighted by molar-refractivity contribution is 5.79. The van der Waals surface area contributed by atoms with E-state index in [4.69, 9.17) is 0 Å². The van der Waals surface area contributed by atoms with E-state index in [9.17, 15) is 4.79 Å². The SMILES string of the molecule is O=C(NC1CCN(C2CCCC2)CC1)C1CCNC1. The normalized spacial score (nSPS) is 30.8. The molecule has 0 bridgehead atoms. The quantitative estimate of drug-likeness (QED) is 0.804. The Bertz CT molecular complexity index is 301. The van der Waals surface area contributed by atoms with Gasteiger partial charge in [0.1, 0.15) is 0 Å². The minimum absolute atomic E-state index is 0.216. The van der Waals surface area contributed by atoms with Gasteiger partial charge in [-0.25, -0.2) is 0 Å². The Balaban J connectivity index is 1.41. The Morgan fingerprint density at radius 2 is 1.79 bits per heavy atom. The summed E-state index contributed by atoms with van der Waals surface area (Å²) in [6.07, 6.45) is 8.90. The molecule has 0 spiro atoms. The maximum atomic E-state index is 12.1. The summed E-state index contributed by atoms with van der Waals surface area (Å²) < 4.78 is 0. The van der Waals surface area contributed by atoms with E-state index < -0.39 is 0 Å². The predicted molar refractivity (Wildman–Crippen MR) is 76.0 cm³/mol. The molecule has 0 aromatic heterocycles. The van der Waals surface area contributed by atoms with Crippen molar-refractivity contribution in [3.8, 4) is 0 Å². The molecule has 3 aliphatic rings. The summed E-state index contributed by atoms with van der Waals surface area (Å²) in [4.78, 5) is 14.7. The molecular formula is C15H27N3O. The molecule has 2 heterocycles. The molecule has 4 heteroatoms. The zero-order chi connectivity index (χ0) is 13.1. The van der Waals surface area contributed by atoms with E-state index in [0.29, 0.717) is 6.04 Å². The molecule has 19 heavy (non-hydrogen) atoms. The minimum Gasteiger partial charge on any atom is -0.353 e. The van der Waals surface area contributed by atoms with Gasteiger partial charge in [-0.2, -0.15) is 0 Å². The van der Waals surface area contributed by atoms with Gasteiger partial charge in [-0.05, 0) is 38.6 Å². The van der Waals surface area contributed by atoms with E-state index in [1.807, 2.05) is 0 Å². The van der Waals surface area contributed by atoms with E-state index in [1.54, 1.807) is 0 Å². The molecule has 1 amide bonds. The predicted octanol–water partition coefficient (Wildman–Crippen LogP) is 1.12. The smallest absolute Gasteiger partial charge is 0.224 e. The number of carbonyl (C=O) groups excluding carboxylic acids is 1. The molecule has 3 rings (SSSR count). The van der Waals surface area contributed by atoms with Crippen molar-refractivity contribution in [2.75, 3.05) is 26.2 Å². The van der Waals surface area contributed by atoms with Crippen molar-refractivity contribution in [3.05, 3.63) is 0 Å². The number of hydrogen-bond acceptors (Lipinski definition) is 3. The monoisotopic (exact) mass is 265 g/mol. The molecule has 1 saturated carbocycles. The van der Waals surface area contributed by atoms with Crippen LogP contribution in [0.2, 0.25) is 0 Å². The van der Waals surface area contributed by atoms with E-state index >= 15 is 0 Å². The van der Waals surface area contributed by atoms with E-state index in [0.717, 1.165) is 38.4 Å². The summed E-state index contributed by atoms with van der Waals surface area (Å²) in [7, 11) is 0. The Labute approximate surface area is 116 Å². The molecule has 0 aromatic carbocycles. The number of nitrogens with one attached hydrogen (secondary N) is 2. The van der Waals surface area contributed by atoms with Gasteiger partial charge < -0.3 is 15.5 Å². The van der Waals surface area contributed by atoms with E-state index in [1.165, 1.54) is 38.8 Å². The van der Waals surface area contributed by atoms with Crippen LogP contribution in [0, 0.1) is 5.92 Å². The molecular weight excluding hydrogens is 238 g/mol. The second-order valence-electron chi connectivity index (χ2n) is 6.45. The number of carbonyl (C=O) groups is 1. The summed E-state index contributed by atoms with van der Waals surface area (Å²) >= 11 is 0. The lowest BCUT2D eigenvalue weighted by Crippen LogP contribution is -2.48. The largest absolute Gasteiger partial charge is 0.353 e. The van der Waals surface area contributed by atoms with Crippen molar-refractivity contribution in [1.82, 2.24) is 15.5 Å². The summed E-state index contributed by atoms with van der Waals surface area (Å²) in [6.45, 7) is 4.22. The fourth-order valence-electron chi connectivity index (χ4n) is 3.88. The Morgan fingerprint density at radius 3 is 2.42 bits per heavy atom. The molecule has 4 nitrogen and oxygen atoms in total. The fourth-order valence-corrected chi connectivity index (χ4v) is 3.88. The maximum absolute atomic E-state index is 12.1. The van der Waals surface area contributed by atoms with Crippen LogP contribution in [0.1, 0.15) is 44.9 Å². The van der Waals surface area contributed by atoms with Crippen LogP contribution in [-0.2, 0) is 4.79 Å². The van der Waals surface area contributed by atoms with Crippen LogP contribution in [0.15, 0.2) is 0 Å². The van der Waals surface area contributed by atoms with E-state index in [2.05, 4.69) is 15.5 Å². The third-order valence-corrected chi connectivity index (χ3v) is 5.15. The van der Waals surface area contributed by atoms with Crippen LogP contribution >= 0.6 is 0 Å². The zero-order valence-corrected chi connectivity index (χ0v) is 11.9. The van der Waals surface area contributed by atoms with Gasteiger partial charge in [0.25, 0.3) is 0 Å². The molecule has 2 N–H and O–H groups in total. The number of piperidine rings is 1. The standard InChI is InChI=1S/C15H27N3O/c19-15(12-5-8-16-11-12)17-13-6-9-18(10-7-13)14-3-1-2-4-14/h12-14,16H,1-11H2,(H,17,19). The van der Waals surface area contributed by atoms with Crippen LogP contribution in [-0.4, -0.2) is 49.1 Å². The van der Waals surface area contributed by atoms with Crippen molar-refractivity contribution in [1.29, 1.82) is 0 Å². The topological polar surface area (TPSA) is 44.4 Å². The van der Waals surface area contributed by atoms with Gasteiger partial charge in [-0.3, -0.25) is 4.79 Å². The van der Waals surface area contributed by atoms with Crippen LogP contribution in [0.3, 0.4) is 0 Å². The first-order valence-corrected chi connectivity index (χ1v) is 8.08. The average molecular weight is 265 g/mol. The third-order valence-electron chi connectivity index (χ3n) is 5.15. The van der Waals surface area contributed by atoms with E-state index in [-0.39, 0.29) is 11.8 Å². The van der Waals surface area contributed by atoms with Crippen LogP contribution in [0.5, 0.6) is 0 Å². The van der Waals surface area contributed by atoms with Gasteiger partial charge in [0.2, 0.25) is 5.91 Å². The Kier molecular flexibility index (Phi) is 4.38. The molecule has 0 radical (unpaired) electrons.